The second-order valence-corrected chi connectivity index (χ2v) is 8.42. The van der Waals surface area contributed by atoms with Crippen LogP contribution in [0.2, 0.25) is 0 Å². The van der Waals surface area contributed by atoms with Gasteiger partial charge in [0.05, 0.1) is 12.4 Å². The van der Waals surface area contributed by atoms with Gasteiger partial charge in [0.25, 0.3) is 5.91 Å². The molecule has 1 unspecified atom stereocenters. The molecule has 3 aliphatic rings. The minimum absolute atomic E-state index is 0.0750. The number of rotatable bonds is 7. The molecule has 3 aliphatic heterocycles. The van der Waals surface area contributed by atoms with Crippen LogP contribution in [-0.4, -0.2) is 90.3 Å². The second-order valence-electron chi connectivity index (χ2n) is 7.42. The molecular weight excluding hydrogens is 420 g/mol. The summed E-state index contributed by atoms with van der Waals surface area (Å²) < 4.78 is 34.9. The summed E-state index contributed by atoms with van der Waals surface area (Å²) >= 11 is 0. The highest BCUT2D eigenvalue weighted by Gasteiger charge is 2.49. The molecule has 0 aliphatic carbocycles. The molecule has 3 heterocycles. The number of fused-ring (bicyclic) bond motifs is 2. The molecule has 0 radical (unpaired) electrons. The van der Waals surface area contributed by atoms with Crippen molar-refractivity contribution in [3.05, 3.63) is 0 Å². The molecule has 14 heteroatoms. The third-order valence-corrected chi connectivity index (χ3v) is 5.58. The van der Waals surface area contributed by atoms with Crippen molar-refractivity contribution in [2.24, 2.45) is 4.99 Å². The maximum atomic E-state index is 12.4. The zero-order chi connectivity index (χ0) is 21.7. The summed E-state index contributed by atoms with van der Waals surface area (Å²) in [7, 11) is -4.85. The van der Waals surface area contributed by atoms with Gasteiger partial charge in [-0.15, -0.1) is 4.28 Å². The van der Waals surface area contributed by atoms with E-state index in [1.807, 2.05) is 0 Å². The molecule has 3 rings (SSSR count). The molecule has 0 aromatic heterocycles. The molecule has 168 valence electrons. The van der Waals surface area contributed by atoms with Crippen LogP contribution in [0, 0.1) is 0 Å². The minimum atomic E-state index is -4.85. The SMILES string of the molecule is O=C(CCN=CN1CCCCC1)NNC(=O)[C@@H]1CCC2CN1C(=O)N2OS(=O)(=O)O. The van der Waals surface area contributed by atoms with Crippen LogP contribution in [0.25, 0.3) is 0 Å². The first kappa shape index (κ1) is 22.2. The maximum Gasteiger partial charge on any atom is 0.418 e. The lowest BCUT2D eigenvalue weighted by atomic mass is 10.0. The number of hydroxylamine groups is 2. The van der Waals surface area contributed by atoms with Crippen molar-refractivity contribution >= 4 is 34.6 Å². The number of nitrogens with one attached hydrogen (secondary N) is 2. The molecule has 0 spiro atoms. The van der Waals surface area contributed by atoms with Gasteiger partial charge in [-0.05, 0) is 32.1 Å². The molecule has 13 nitrogen and oxygen atoms in total. The number of urea groups is 1. The van der Waals surface area contributed by atoms with Crippen molar-refractivity contribution in [3.63, 3.8) is 0 Å². The van der Waals surface area contributed by atoms with E-state index in [1.54, 1.807) is 6.34 Å². The fourth-order valence-electron chi connectivity index (χ4n) is 3.75. The largest absolute Gasteiger partial charge is 0.418 e. The monoisotopic (exact) mass is 446 g/mol. The van der Waals surface area contributed by atoms with Crippen LogP contribution in [0.15, 0.2) is 4.99 Å². The quantitative estimate of drug-likeness (QED) is 0.195. The van der Waals surface area contributed by atoms with E-state index < -0.39 is 40.3 Å². The highest BCUT2D eigenvalue weighted by Crippen LogP contribution is 2.30. The van der Waals surface area contributed by atoms with Gasteiger partial charge >= 0.3 is 16.4 Å². The normalized spacial score (nSPS) is 24.4. The summed E-state index contributed by atoms with van der Waals surface area (Å²) in [5, 5.41) is 0.557. The van der Waals surface area contributed by atoms with Crippen molar-refractivity contribution < 1.29 is 31.6 Å². The molecule has 3 fully saturated rings. The Balaban J connectivity index is 1.41. The summed E-state index contributed by atoms with van der Waals surface area (Å²) in [5.41, 5.74) is 4.58. The minimum Gasteiger partial charge on any atom is -0.363 e. The molecule has 0 aromatic carbocycles. The van der Waals surface area contributed by atoms with Gasteiger partial charge in [-0.25, -0.2) is 4.79 Å². The molecule has 2 atom stereocenters. The average molecular weight is 446 g/mol. The topological polar surface area (TPSA) is 161 Å². The second kappa shape index (κ2) is 9.57. The zero-order valence-corrected chi connectivity index (χ0v) is 17.2. The Kier molecular flexibility index (Phi) is 7.10. The summed E-state index contributed by atoms with van der Waals surface area (Å²) in [6, 6.07) is -2.31. The van der Waals surface area contributed by atoms with Gasteiger partial charge in [-0.3, -0.25) is 30.0 Å². The predicted octanol–water partition coefficient (Wildman–Crippen LogP) is -0.959. The predicted molar refractivity (Wildman–Crippen MR) is 103 cm³/mol. The standard InChI is InChI=1S/C16H26N6O7S/c23-14(6-7-17-11-20-8-2-1-3-9-20)18-19-15(24)13-5-4-12-10-21(13)16(25)22(12)29-30(26,27)28/h11-13H,1-10H2,(H,18,23)(H,19,24)(H,26,27,28)/t12?,13-/m0/s1. The molecule has 3 N–H and O–H groups in total. The lowest BCUT2D eigenvalue weighted by Gasteiger charge is -2.29. The van der Waals surface area contributed by atoms with Gasteiger partial charge in [0, 0.05) is 32.6 Å². The van der Waals surface area contributed by atoms with Gasteiger partial charge in [0.2, 0.25) is 5.91 Å². The first-order valence-corrected chi connectivity index (χ1v) is 11.2. The van der Waals surface area contributed by atoms with Crippen molar-refractivity contribution in [1.82, 2.24) is 25.7 Å². The first-order chi connectivity index (χ1) is 14.2. The van der Waals surface area contributed by atoms with Crippen molar-refractivity contribution in [2.45, 2.75) is 50.6 Å². The van der Waals surface area contributed by atoms with Gasteiger partial charge in [0.1, 0.15) is 6.04 Å². The Bertz CT molecular complexity index is 798. The van der Waals surface area contributed by atoms with E-state index in [9.17, 15) is 22.8 Å². The number of carbonyl (C=O) groups excluding carboxylic acids is 3. The van der Waals surface area contributed by atoms with Crippen LogP contribution in [0.4, 0.5) is 4.79 Å². The van der Waals surface area contributed by atoms with E-state index >= 15 is 0 Å². The van der Waals surface area contributed by atoms with Crippen LogP contribution < -0.4 is 10.9 Å². The zero-order valence-electron chi connectivity index (χ0n) is 16.4. The number of hydrazine groups is 1. The number of amides is 4. The van der Waals surface area contributed by atoms with E-state index in [0.717, 1.165) is 30.8 Å². The van der Waals surface area contributed by atoms with E-state index in [4.69, 9.17) is 4.55 Å². The number of likely N-dealkylation sites (tertiary alicyclic amines) is 1. The third-order valence-electron chi connectivity index (χ3n) is 5.23. The number of hydrogen-bond donors (Lipinski definition) is 3. The van der Waals surface area contributed by atoms with Crippen LogP contribution in [0.5, 0.6) is 0 Å². The maximum absolute atomic E-state index is 12.4. The molecule has 30 heavy (non-hydrogen) atoms. The molecule has 0 aromatic rings. The molecular formula is C16H26N6O7S. The van der Waals surface area contributed by atoms with E-state index in [1.165, 1.54) is 6.42 Å². The van der Waals surface area contributed by atoms with E-state index in [0.29, 0.717) is 11.5 Å². The Morgan fingerprint density at radius 1 is 1.20 bits per heavy atom. The Morgan fingerprint density at radius 3 is 2.63 bits per heavy atom. The van der Waals surface area contributed by atoms with E-state index in [-0.39, 0.29) is 25.9 Å². The smallest absolute Gasteiger partial charge is 0.363 e. The summed E-state index contributed by atoms with van der Waals surface area (Å²) in [6.07, 6.45) is 5.90. The highest BCUT2D eigenvalue weighted by atomic mass is 32.3. The van der Waals surface area contributed by atoms with Crippen molar-refractivity contribution in [2.75, 3.05) is 26.2 Å². The Labute approximate surface area is 174 Å². The number of nitrogens with zero attached hydrogens (tertiary/aromatic N) is 4. The molecule has 2 bridgehead atoms. The average Bonchev–Trinajstić information content (AvgIpc) is 2.94. The lowest BCUT2D eigenvalue weighted by Crippen LogP contribution is -2.54. The lowest BCUT2D eigenvalue weighted by molar-refractivity contribution is -0.131. The summed E-state index contributed by atoms with van der Waals surface area (Å²) in [6.45, 7) is 2.30. The number of aliphatic imine (C=N–C) groups is 1. The number of hydrogen-bond acceptors (Lipinski definition) is 7. The van der Waals surface area contributed by atoms with E-state index in [2.05, 4.69) is 25.0 Å². The van der Waals surface area contributed by atoms with Crippen LogP contribution in [-0.2, 0) is 24.3 Å². The molecule has 3 saturated heterocycles. The Hall–Kier alpha value is -2.45. The van der Waals surface area contributed by atoms with Crippen LogP contribution in [0.3, 0.4) is 0 Å². The molecule has 0 saturated carbocycles. The third kappa shape index (κ3) is 5.79. The fraction of sp³-hybridized carbons (Fsp3) is 0.750. The number of piperidine rings is 2. The van der Waals surface area contributed by atoms with Gasteiger partial charge in [0.15, 0.2) is 0 Å². The van der Waals surface area contributed by atoms with Gasteiger partial charge in [-0.2, -0.15) is 13.5 Å². The summed E-state index contributed by atoms with van der Waals surface area (Å²) in [4.78, 5) is 44.0. The number of carbonyl (C=O) groups is 3. The fourth-order valence-corrected chi connectivity index (χ4v) is 4.14. The van der Waals surface area contributed by atoms with Crippen LogP contribution >= 0.6 is 0 Å². The molecule has 4 amide bonds. The van der Waals surface area contributed by atoms with Crippen molar-refractivity contribution in [3.8, 4) is 0 Å². The van der Waals surface area contributed by atoms with Crippen molar-refractivity contribution in [1.29, 1.82) is 0 Å². The van der Waals surface area contributed by atoms with Gasteiger partial charge in [-0.1, -0.05) is 0 Å². The summed E-state index contributed by atoms with van der Waals surface area (Å²) in [5.74, 6) is -1.02. The first-order valence-electron chi connectivity index (χ1n) is 9.84. The highest BCUT2D eigenvalue weighted by molar-refractivity contribution is 7.80. The Morgan fingerprint density at radius 2 is 1.93 bits per heavy atom. The van der Waals surface area contributed by atoms with Gasteiger partial charge < -0.3 is 9.80 Å². The van der Waals surface area contributed by atoms with Crippen LogP contribution in [0.1, 0.15) is 38.5 Å².